The smallest absolute Gasteiger partial charge is 0.259 e. The third-order valence-corrected chi connectivity index (χ3v) is 8.23. The molecular formula is C30H34N2O4S. The van der Waals surface area contributed by atoms with Crippen molar-refractivity contribution in [2.45, 2.75) is 30.9 Å². The Morgan fingerprint density at radius 2 is 1.78 bits per heavy atom. The molecule has 1 amide bonds. The number of likely N-dealkylation sites (N-methyl/N-ethyl adjacent to an activating group) is 1. The van der Waals surface area contributed by atoms with E-state index in [0.717, 1.165) is 45.7 Å². The molecule has 1 atom stereocenters. The summed E-state index contributed by atoms with van der Waals surface area (Å²) in [4.78, 5) is 17.3. The number of carbonyl (C=O) groups excluding carboxylic acids is 1. The van der Waals surface area contributed by atoms with Crippen LogP contribution in [0.2, 0.25) is 0 Å². The monoisotopic (exact) mass is 518 g/mol. The number of carbonyl (C=O) groups is 1. The van der Waals surface area contributed by atoms with Gasteiger partial charge in [0, 0.05) is 36.8 Å². The Morgan fingerprint density at radius 3 is 2.54 bits per heavy atom. The highest BCUT2D eigenvalue weighted by atomic mass is 32.2. The van der Waals surface area contributed by atoms with Crippen molar-refractivity contribution in [3.05, 3.63) is 71.1 Å². The number of hydrogen-bond acceptors (Lipinski definition) is 6. The second-order valence-corrected chi connectivity index (χ2v) is 11.1. The average molecular weight is 519 g/mol. The van der Waals surface area contributed by atoms with Crippen molar-refractivity contribution in [1.82, 2.24) is 9.80 Å². The predicted octanol–water partition coefficient (Wildman–Crippen LogP) is 6.35. The van der Waals surface area contributed by atoms with Crippen LogP contribution in [0.25, 0.3) is 10.8 Å². The second kappa shape index (κ2) is 11.5. The number of ether oxygens (including phenoxy) is 2. The van der Waals surface area contributed by atoms with Gasteiger partial charge in [0.15, 0.2) is 0 Å². The van der Waals surface area contributed by atoms with Crippen LogP contribution in [0.1, 0.15) is 36.5 Å². The van der Waals surface area contributed by atoms with Crippen LogP contribution in [0.4, 0.5) is 0 Å². The molecule has 2 heterocycles. The van der Waals surface area contributed by atoms with Crippen LogP contribution in [0.3, 0.4) is 0 Å². The molecule has 0 saturated carbocycles. The molecule has 3 aromatic rings. The van der Waals surface area contributed by atoms with Crippen LogP contribution in [0, 0.1) is 0 Å². The lowest BCUT2D eigenvalue weighted by molar-refractivity contribution is -0.123. The van der Waals surface area contributed by atoms with E-state index in [4.69, 9.17) is 9.47 Å². The van der Waals surface area contributed by atoms with Crippen LogP contribution in [0.15, 0.2) is 65.6 Å². The van der Waals surface area contributed by atoms with Crippen molar-refractivity contribution in [3.8, 4) is 23.0 Å². The number of phenols is 1. The molecule has 2 aliphatic rings. The summed E-state index contributed by atoms with van der Waals surface area (Å²) >= 11 is 1.58. The Bertz CT molecular complexity index is 1280. The Hall–Kier alpha value is -3.16. The van der Waals surface area contributed by atoms with Gasteiger partial charge in [-0.3, -0.25) is 9.69 Å². The lowest BCUT2D eigenvalue weighted by atomic mass is 10.0. The summed E-state index contributed by atoms with van der Waals surface area (Å²) in [6, 6.07) is 17.1. The van der Waals surface area contributed by atoms with Gasteiger partial charge in [-0.2, -0.15) is 0 Å². The topological polar surface area (TPSA) is 62.2 Å². The number of hydrogen-bond donors (Lipinski definition) is 1. The lowest BCUT2D eigenvalue weighted by Gasteiger charge is -2.26. The van der Waals surface area contributed by atoms with Crippen LogP contribution >= 0.6 is 11.8 Å². The number of fused-ring (bicyclic) bond motifs is 1. The summed E-state index contributed by atoms with van der Waals surface area (Å²) in [5.41, 5.74) is 1.03. The molecule has 0 radical (unpaired) electrons. The number of nitrogens with zero attached hydrogens (tertiary/aromatic N) is 2. The molecule has 1 fully saturated rings. The van der Waals surface area contributed by atoms with Gasteiger partial charge in [-0.1, -0.05) is 24.6 Å². The summed E-state index contributed by atoms with van der Waals surface area (Å²) in [5, 5.41) is 11.9. The molecule has 37 heavy (non-hydrogen) atoms. The highest BCUT2D eigenvalue weighted by Crippen LogP contribution is 2.49. The van der Waals surface area contributed by atoms with E-state index in [1.807, 2.05) is 48.5 Å². The Balaban J connectivity index is 1.33. The minimum atomic E-state index is 0.0246. The standard InChI is InChI=1S/C30H34N2O4S/c1-31(2)30(34)28-15-14-27(37-28)26-12-6-21-20-22(33)7-13-25(21)29(26)36-24-10-8-23(9-11-24)35-19-18-32-16-4-3-5-17-32/h6-13,15,20,27,33H,3-5,14,16-19H2,1-2H3. The zero-order chi connectivity index (χ0) is 25.8. The maximum atomic E-state index is 12.5. The van der Waals surface area contributed by atoms with E-state index in [9.17, 15) is 9.90 Å². The summed E-state index contributed by atoms with van der Waals surface area (Å²) in [6.07, 6.45) is 6.67. The SMILES string of the molecule is CN(C)C(=O)C1=CCC(c2ccc3cc(O)ccc3c2Oc2ccc(OCCN3CCCCC3)cc2)S1. The molecule has 2 aliphatic heterocycles. The van der Waals surface area contributed by atoms with E-state index in [2.05, 4.69) is 4.90 Å². The molecular weight excluding hydrogens is 484 g/mol. The van der Waals surface area contributed by atoms with Gasteiger partial charge in [0.1, 0.15) is 29.6 Å². The molecule has 1 unspecified atom stereocenters. The fourth-order valence-electron chi connectivity index (χ4n) is 4.88. The zero-order valence-electron chi connectivity index (χ0n) is 21.5. The number of benzene rings is 3. The number of thioether (sulfide) groups is 1. The van der Waals surface area contributed by atoms with Gasteiger partial charge in [0.25, 0.3) is 5.91 Å². The molecule has 1 saturated heterocycles. The molecule has 0 spiro atoms. The van der Waals surface area contributed by atoms with Gasteiger partial charge in [-0.25, -0.2) is 0 Å². The number of piperidine rings is 1. The number of aromatic hydroxyl groups is 1. The normalized spacial score (nSPS) is 18.0. The fourth-order valence-corrected chi connectivity index (χ4v) is 6.17. The Kier molecular flexibility index (Phi) is 7.91. The van der Waals surface area contributed by atoms with E-state index < -0.39 is 0 Å². The van der Waals surface area contributed by atoms with Crippen LogP contribution in [0.5, 0.6) is 23.0 Å². The lowest BCUT2D eigenvalue weighted by Crippen LogP contribution is -2.33. The molecule has 1 N–H and O–H groups in total. The molecule has 0 bridgehead atoms. The largest absolute Gasteiger partial charge is 0.508 e. The highest BCUT2D eigenvalue weighted by molar-refractivity contribution is 8.04. The second-order valence-electron chi connectivity index (χ2n) is 9.82. The first kappa shape index (κ1) is 25.5. The molecule has 5 rings (SSSR count). The van der Waals surface area contributed by atoms with E-state index in [1.54, 1.807) is 42.9 Å². The molecule has 0 aliphatic carbocycles. The van der Waals surface area contributed by atoms with Gasteiger partial charge >= 0.3 is 0 Å². The molecule has 6 nitrogen and oxygen atoms in total. The van der Waals surface area contributed by atoms with E-state index >= 15 is 0 Å². The van der Waals surface area contributed by atoms with Crippen LogP contribution < -0.4 is 9.47 Å². The van der Waals surface area contributed by atoms with Crippen molar-refractivity contribution in [2.75, 3.05) is 40.3 Å². The first-order valence-corrected chi connectivity index (χ1v) is 13.8. The summed E-state index contributed by atoms with van der Waals surface area (Å²) in [7, 11) is 3.55. The molecule has 194 valence electrons. The predicted molar refractivity (Wildman–Crippen MR) is 150 cm³/mol. The number of amides is 1. The van der Waals surface area contributed by atoms with Gasteiger partial charge in [-0.05, 0) is 80.2 Å². The summed E-state index contributed by atoms with van der Waals surface area (Å²) in [5.74, 6) is 2.53. The van der Waals surface area contributed by atoms with E-state index in [-0.39, 0.29) is 16.9 Å². The average Bonchev–Trinajstić information content (AvgIpc) is 3.40. The maximum absolute atomic E-state index is 12.5. The first-order valence-electron chi connectivity index (χ1n) is 12.9. The minimum Gasteiger partial charge on any atom is -0.508 e. The number of allylic oxidation sites excluding steroid dienone is 1. The third-order valence-electron chi connectivity index (χ3n) is 6.90. The number of rotatable bonds is 8. The van der Waals surface area contributed by atoms with Crippen molar-refractivity contribution in [2.24, 2.45) is 0 Å². The number of phenolic OH excluding ortho intramolecular Hbond substituents is 1. The highest BCUT2D eigenvalue weighted by Gasteiger charge is 2.28. The van der Waals surface area contributed by atoms with Gasteiger partial charge in [0.05, 0.1) is 4.91 Å². The van der Waals surface area contributed by atoms with Crippen molar-refractivity contribution < 1.29 is 19.4 Å². The number of likely N-dealkylation sites (tertiary alicyclic amines) is 1. The van der Waals surface area contributed by atoms with Gasteiger partial charge < -0.3 is 19.5 Å². The molecule has 0 aromatic heterocycles. The Labute approximate surface area is 222 Å². The van der Waals surface area contributed by atoms with Crippen molar-refractivity contribution in [1.29, 1.82) is 0 Å². The maximum Gasteiger partial charge on any atom is 0.259 e. The quantitative estimate of drug-likeness (QED) is 0.375. The fraction of sp³-hybridized carbons (Fsp3) is 0.367. The van der Waals surface area contributed by atoms with E-state index in [0.29, 0.717) is 12.4 Å². The molecule has 3 aromatic carbocycles. The van der Waals surface area contributed by atoms with Crippen molar-refractivity contribution in [3.63, 3.8) is 0 Å². The van der Waals surface area contributed by atoms with Crippen molar-refractivity contribution >= 4 is 28.4 Å². The molecule has 7 heteroatoms. The first-order chi connectivity index (χ1) is 18.0. The van der Waals surface area contributed by atoms with Crippen LogP contribution in [-0.4, -0.2) is 61.2 Å². The third kappa shape index (κ3) is 6.05. The van der Waals surface area contributed by atoms with E-state index in [1.165, 1.54) is 32.4 Å². The summed E-state index contributed by atoms with van der Waals surface area (Å²) in [6.45, 7) is 3.97. The van der Waals surface area contributed by atoms with Crippen LogP contribution in [-0.2, 0) is 4.79 Å². The van der Waals surface area contributed by atoms with Gasteiger partial charge in [0.2, 0.25) is 0 Å². The summed E-state index contributed by atoms with van der Waals surface area (Å²) < 4.78 is 12.5. The Morgan fingerprint density at radius 1 is 1.03 bits per heavy atom. The minimum absolute atomic E-state index is 0.0246. The zero-order valence-corrected chi connectivity index (χ0v) is 22.3. The van der Waals surface area contributed by atoms with Gasteiger partial charge in [-0.15, -0.1) is 11.8 Å².